The first-order valence-corrected chi connectivity index (χ1v) is 8.70. The minimum Gasteiger partial charge on any atom is -0.323 e. The lowest BCUT2D eigenvalue weighted by atomic mass is 10.2. The van der Waals surface area contributed by atoms with Gasteiger partial charge in [0.25, 0.3) is 5.91 Å². The zero-order chi connectivity index (χ0) is 19.1. The highest BCUT2D eigenvalue weighted by Gasteiger charge is 2.05. The third-order valence-corrected chi connectivity index (χ3v) is 4.11. The summed E-state index contributed by atoms with van der Waals surface area (Å²) < 4.78 is 0. The second kappa shape index (κ2) is 8.83. The molecule has 0 bridgehead atoms. The standard InChI is InChI=1S/C22H17ClN2O2/c23-20-9-5-4-6-16(20)10-15-21(26)24-18-11-13-19(14-12-18)25-22(27)17-7-2-1-3-8-17/h1-15H,(H,24,26)(H,25,27)/b15-10+. The fourth-order valence-corrected chi connectivity index (χ4v) is 2.59. The molecule has 0 aromatic heterocycles. The SMILES string of the molecule is O=C(/C=C/c1ccccc1Cl)Nc1ccc(NC(=O)c2ccccc2)cc1. The Morgan fingerprint density at radius 2 is 1.33 bits per heavy atom. The third kappa shape index (κ3) is 5.30. The summed E-state index contributed by atoms with van der Waals surface area (Å²) in [7, 11) is 0. The topological polar surface area (TPSA) is 58.2 Å². The van der Waals surface area contributed by atoms with E-state index in [1.165, 1.54) is 6.08 Å². The van der Waals surface area contributed by atoms with Gasteiger partial charge >= 0.3 is 0 Å². The summed E-state index contributed by atoms with van der Waals surface area (Å²) in [4.78, 5) is 24.2. The molecule has 0 aliphatic rings. The van der Waals surface area contributed by atoms with Gasteiger partial charge in [-0.3, -0.25) is 9.59 Å². The van der Waals surface area contributed by atoms with E-state index in [1.54, 1.807) is 48.5 Å². The molecule has 3 aromatic rings. The lowest BCUT2D eigenvalue weighted by Gasteiger charge is -2.07. The van der Waals surface area contributed by atoms with Crippen LogP contribution in [0.5, 0.6) is 0 Å². The molecule has 0 aliphatic carbocycles. The summed E-state index contributed by atoms with van der Waals surface area (Å²) >= 11 is 6.05. The maximum absolute atomic E-state index is 12.1. The van der Waals surface area contributed by atoms with Crippen molar-refractivity contribution in [3.05, 3.63) is 101 Å². The predicted octanol–water partition coefficient (Wildman–Crippen LogP) is 5.24. The first-order valence-electron chi connectivity index (χ1n) is 8.32. The molecular formula is C22H17ClN2O2. The van der Waals surface area contributed by atoms with Gasteiger partial charge in [-0.2, -0.15) is 0 Å². The Bertz CT molecular complexity index is 967. The smallest absolute Gasteiger partial charge is 0.255 e. The average molecular weight is 377 g/mol. The van der Waals surface area contributed by atoms with Crippen LogP contribution in [0.1, 0.15) is 15.9 Å². The highest BCUT2D eigenvalue weighted by atomic mass is 35.5. The Kier molecular flexibility index (Phi) is 6.02. The molecule has 3 aromatic carbocycles. The zero-order valence-electron chi connectivity index (χ0n) is 14.4. The van der Waals surface area contributed by atoms with Crippen LogP contribution in [-0.4, -0.2) is 11.8 Å². The van der Waals surface area contributed by atoms with E-state index < -0.39 is 0 Å². The molecule has 0 heterocycles. The molecule has 0 fully saturated rings. The number of carbonyl (C=O) groups is 2. The Morgan fingerprint density at radius 1 is 0.741 bits per heavy atom. The quantitative estimate of drug-likeness (QED) is 0.598. The fourth-order valence-electron chi connectivity index (χ4n) is 2.39. The lowest BCUT2D eigenvalue weighted by Crippen LogP contribution is -2.12. The second-order valence-electron chi connectivity index (χ2n) is 5.74. The second-order valence-corrected chi connectivity index (χ2v) is 6.15. The molecule has 0 unspecified atom stereocenters. The first-order chi connectivity index (χ1) is 13.1. The van der Waals surface area contributed by atoms with Gasteiger partial charge < -0.3 is 10.6 Å². The number of hydrogen-bond acceptors (Lipinski definition) is 2. The molecule has 0 spiro atoms. The molecule has 134 valence electrons. The Morgan fingerprint density at radius 3 is 2.00 bits per heavy atom. The van der Waals surface area contributed by atoms with Gasteiger partial charge in [-0.25, -0.2) is 0 Å². The number of anilines is 2. The molecule has 0 aliphatic heterocycles. The summed E-state index contributed by atoms with van der Waals surface area (Å²) in [5.41, 5.74) is 2.63. The van der Waals surface area contributed by atoms with Crippen LogP contribution in [0.3, 0.4) is 0 Å². The van der Waals surface area contributed by atoms with Crippen molar-refractivity contribution in [2.45, 2.75) is 0 Å². The van der Waals surface area contributed by atoms with Crippen LogP contribution in [-0.2, 0) is 4.79 Å². The maximum Gasteiger partial charge on any atom is 0.255 e. The van der Waals surface area contributed by atoms with Crippen molar-refractivity contribution in [2.75, 3.05) is 10.6 Å². The van der Waals surface area contributed by atoms with Crippen molar-refractivity contribution >= 4 is 40.9 Å². The number of benzene rings is 3. The molecule has 2 N–H and O–H groups in total. The van der Waals surface area contributed by atoms with Gasteiger partial charge in [0.1, 0.15) is 0 Å². The Labute approximate surface area is 162 Å². The molecule has 27 heavy (non-hydrogen) atoms. The van der Waals surface area contributed by atoms with Gasteiger partial charge in [-0.05, 0) is 54.1 Å². The zero-order valence-corrected chi connectivity index (χ0v) is 15.1. The molecule has 2 amide bonds. The van der Waals surface area contributed by atoms with Crippen molar-refractivity contribution in [3.63, 3.8) is 0 Å². The number of halogens is 1. The Hall–Kier alpha value is -3.37. The molecule has 0 atom stereocenters. The van der Waals surface area contributed by atoms with Crippen LogP contribution in [0.15, 0.2) is 84.9 Å². The van der Waals surface area contributed by atoms with Crippen molar-refractivity contribution in [2.24, 2.45) is 0 Å². The van der Waals surface area contributed by atoms with Crippen molar-refractivity contribution in [1.82, 2.24) is 0 Å². The van der Waals surface area contributed by atoms with E-state index in [0.29, 0.717) is 22.0 Å². The number of nitrogens with one attached hydrogen (secondary N) is 2. The monoisotopic (exact) mass is 376 g/mol. The van der Waals surface area contributed by atoms with Crippen LogP contribution in [0.4, 0.5) is 11.4 Å². The van der Waals surface area contributed by atoms with E-state index in [9.17, 15) is 9.59 Å². The van der Waals surface area contributed by atoms with Crippen LogP contribution in [0, 0.1) is 0 Å². The van der Waals surface area contributed by atoms with Crippen molar-refractivity contribution in [1.29, 1.82) is 0 Å². The maximum atomic E-state index is 12.1. The molecule has 3 rings (SSSR count). The van der Waals surface area contributed by atoms with E-state index in [0.717, 1.165) is 5.56 Å². The highest BCUT2D eigenvalue weighted by Crippen LogP contribution is 2.17. The minimum atomic E-state index is -0.268. The molecule has 4 nitrogen and oxygen atoms in total. The Balaban J connectivity index is 1.58. The van der Waals surface area contributed by atoms with Gasteiger partial charge in [-0.1, -0.05) is 48.0 Å². The van der Waals surface area contributed by atoms with Gasteiger partial charge in [0.05, 0.1) is 0 Å². The number of hydrogen-bond donors (Lipinski definition) is 2. The van der Waals surface area contributed by atoms with E-state index in [1.807, 2.05) is 36.4 Å². The van der Waals surface area contributed by atoms with E-state index in [-0.39, 0.29) is 11.8 Å². The van der Waals surface area contributed by atoms with E-state index >= 15 is 0 Å². The van der Waals surface area contributed by atoms with Gasteiger partial charge in [-0.15, -0.1) is 0 Å². The molecular weight excluding hydrogens is 360 g/mol. The number of rotatable bonds is 5. The highest BCUT2D eigenvalue weighted by molar-refractivity contribution is 6.32. The molecule has 0 radical (unpaired) electrons. The summed E-state index contributed by atoms with van der Waals surface area (Å²) in [6.07, 6.45) is 3.08. The molecule has 5 heteroatoms. The summed E-state index contributed by atoms with van der Waals surface area (Å²) in [6.45, 7) is 0. The van der Waals surface area contributed by atoms with Crippen LogP contribution < -0.4 is 10.6 Å². The minimum absolute atomic E-state index is 0.185. The third-order valence-electron chi connectivity index (χ3n) is 3.77. The summed E-state index contributed by atoms with van der Waals surface area (Å²) in [5.74, 6) is -0.453. The molecule has 0 saturated heterocycles. The van der Waals surface area contributed by atoms with Crippen LogP contribution in [0.2, 0.25) is 5.02 Å². The van der Waals surface area contributed by atoms with Crippen molar-refractivity contribution < 1.29 is 9.59 Å². The van der Waals surface area contributed by atoms with E-state index in [4.69, 9.17) is 11.6 Å². The summed E-state index contributed by atoms with van der Waals surface area (Å²) in [6, 6.07) is 23.2. The van der Waals surface area contributed by atoms with Crippen molar-refractivity contribution in [3.8, 4) is 0 Å². The first kappa shape index (κ1) is 18.4. The number of amides is 2. The molecule has 0 saturated carbocycles. The van der Waals surface area contributed by atoms with Gasteiger partial charge in [0.2, 0.25) is 5.91 Å². The number of carbonyl (C=O) groups excluding carboxylic acids is 2. The normalized spacial score (nSPS) is 10.6. The van der Waals surface area contributed by atoms with Crippen LogP contribution in [0.25, 0.3) is 6.08 Å². The summed E-state index contributed by atoms with van der Waals surface area (Å²) in [5, 5.41) is 6.16. The van der Waals surface area contributed by atoms with Crippen LogP contribution >= 0.6 is 11.6 Å². The lowest BCUT2D eigenvalue weighted by molar-refractivity contribution is -0.111. The van der Waals surface area contributed by atoms with E-state index in [2.05, 4.69) is 10.6 Å². The van der Waals surface area contributed by atoms with Gasteiger partial charge in [0.15, 0.2) is 0 Å². The fraction of sp³-hybridized carbons (Fsp3) is 0. The van der Waals surface area contributed by atoms with Gasteiger partial charge in [0, 0.05) is 28.0 Å². The predicted molar refractivity (Wildman–Crippen MR) is 110 cm³/mol. The average Bonchev–Trinajstić information content (AvgIpc) is 2.69. The largest absolute Gasteiger partial charge is 0.323 e.